The first-order chi connectivity index (χ1) is 7.58. The molecular formula is C12H11F2NS. The Hall–Kier alpha value is -1.26. The molecule has 0 saturated carbocycles. The number of benzene rings is 1. The van der Waals surface area contributed by atoms with Crippen LogP contribution >= 0.6 is 11.3 Å². The Morgan fingerprint density at radius 2 is 1.88 bits per heavy atom. The molecule has 1 heterocycles. The van der Waals surface area contributed by atoms with E-state index in [1.807, 2.05) is 19.1 Å². The van der Waals surface area contributed by atoms with Gasteiger partial charge in [0.2, 0.25) is 0 Å². The van der Waals surface area contributed by atoms with E-state index in [-0.39, 0.29) is 6.04 Å². The first-order valence-corrected chi connectivity index (χ1v) is 5.70. The Morgan fingerprint density at radius 3 is 2.44 bits per heavy atom. The summed E-state index contributed by atoms with van der Waals surface area (Å²) in [6, 6.07) is 7.64. The Morgan fingerprint density at radius 1 is 1.12 bits per heavy atom. The number of nitrogens with two attached hydrogens (primary N) is 1. The Labute approximate surface area is 96.5 Å². The third kappa shape index (κ3) is 2.13. The van der Waals surface area contributed by atoms with Gasteiger partial charge in [0.25, 0.3) is 0 Å². The molecule has 2 aromatic rings. The molecule has 16 heavy (non-hydrogen) atoms. The van der Waals surface area contributed by atoms with Crippen molar-refractivity contribution in [2.75, 3.05) is 0 Å². The van der Waals surface area contributed by atoms with Crippen molar-refractivity contribution in [1.82, 2.24) is 0 Å². The molecule has 0 fully saturated rings. The first kappa shape index (κ1) is 11.2. The van der Waals surface area contributed by atoms with Gasteiger partial charge in [-0.05, 0) is 36.8 Å². The van der Waals surface area contributed by atoms with Crippen molar-refractivity contribution in [1.29, 1.82) is 0 Å². The van der Waals surface area contributed by atoms with E-state index in [0.29, 0.717) is 5.56 Å². The first-order valence-electron chi connectivity index (χ1n) is 4.88. The number of hydrogen-bond acceptors (Lipinski definition) is 2. The molecule has 1 atom stereocenters. The Bertz CT molecular complexity index is 505. The molecule has 2 N–H and O–H groups in total. The van der Waals surface area contributed by atoms with Crippen LogP contribution in [0.4, 0.5) is 8.78 Å². The van der Waals surface area contributed by atoms with Crippen molar-refractivity contribution >= 4 is 11.3 Å². The van der Waals surface area contributed by atoms with Crippen LogP contribution in [0.1, 0.15) is 17.8 Å². The summed E-state index contributed by atoms with van der Waals surface area (Å²) in [7, 11) is 0. The van der Waals surface area contributed by atoms with Crippen LogP contribution in [0.15, 0.2) is 30.3 Å². The molecule has 1 nitrogen and oxygen atoms in total. The third-order valence-electron chi connectivity index (χ3n) is 2.28. The summed E-state index contributed by atoms with van der Waals surface area (Å²) < 4.78 is 25.8. The summed E-state index contributed by atoms with van der Waals surface area (Å²) in [5.74, 6) is -1.65. The molecule has 0 aliphatic rings. The van der Waals surface area contributed by atoms with E-state index in [0.717, 1.165) is 15.8 Å². The Balaban J connectivity index is 2.39. The molecular weight excluding hydrogens is 228 g/mol. The third-order valence-corrected chi connectivity index (χ3v) is 3.61. The zero-order chi connectivity index (χ0) is 11.7. The summed E-state index contributed by atoms with van der Waals surface area (Å²) in [5, 5.41) is 0. The summed E-state index contributed by atoms with van der Waals surface area (Å²) in [6.07, 6.45) is 0. The summed E-state index contributed by atoms with van der Waals surface area (Å²) in [5.41, 5.74) is 6.41. The van der Waals surface area contributed by atoms with Crippen molar-refractivity contribution in [2.24, 2.45) is 5.73 Å². The normalized spacial score (nSPS) is 12.8. The number of thiophene rings is 1. The van der Waals surface area contributed by atoms with Crippen molar-refractivity contribution in [3.05, 3.63) is 46.8 Å². The second-order valence-electron chi connectivity index (χ2n) is 3.62. The molecule has 0 saturated heterocycles. The van der Waals surface area contributed by atoms with E-state index < -0.39 is 11.6 Å². The van der Waals surface area contributed by atoms with E-state index in [1.165, 1.54) is 17.4 Å². The van der Waals surface area contributed by atoms with Crippen LogP contribution in [-0.2, 0) is 0 Å². The molecule has 1 aromatic carbocycles. The van der Waals surface area contributed by atoms with Crippen molar-refractivity contribution < 1.29 is 8.78 Å². The molecule has 2 rings (SSSR count). The quantitative estimate of drug-likeness (QED) is 0.849. The molecule has 0 bridgehead atoms. The van der Waals surface area contributed by atoms with Gasteiger partial charge >= 0.3 is 0 Å². The Kier molecular flexibility index (Phi) is 3.03. The molecule has 1 aromatic heterocycles. The van der Waals surface area contributed by atoms with Gasteiger partial charge < -0.3 is 5.73 Å². The van der Waals surface area contributed by atoms with Crippen LogP contribution < -0.4 is 5.73 Å². The molecule has 1 unspecified atom stereocenters. The lowest BCUT2D eigenvalue weighted by Crippen LogP contribution is -2.01. The second-order valence-corrected chi connectivity index (χ2v) is 4.73. The maximum absolute atomic E-state index is 13.0. The van der Waals surface area contributed by atoms with Gasteiger partial charge in [-0.2, -0.15) is 0 Å². The van der Waals surface area contributed by atoms with Gasteiger partial charge in [-0.15, -0.1) is 11.3 Å². The minimum atomic E-state index is -0.826. The zero-order valence-corrected chi connectivity index (χ0v) is 9.52. The highest BCUT2D eigenvalue weighted by molar-refractivity contribution is 7.15. The van der Waals surface area contributed by atoms with Crippen molar-refractivity contribution in [2.45, 2.75) is 13.0 Å². The van der Waals surface area contributed by atoms with E-state index in [1.54, 1.807) is 6.07 Å². The fourth-order valence-corrected chi connectivity index (χ4v) is 2.36. The van der Waals surface area contributed by atoms with Gasteiger partial charge in [0.1, 0.15) is 0 Å². The van der Waals surface area contributed by atoms with E-state index >= 15 is 0 Å². The van der Waals surface area contributed by atoms with E-state index in [4.69, 9.17) is 5.73 Å². The molecule has 4 heteroatoms. The van der Waals surface area contributed by atoms with Crippen molar-refractivity contribution in [3.8, 4) is 10.4 Å². The SMILES string of the molecule is CC(N)c1ccc(-c2ccc(F)c(F)c2)s1. The number of rotatable bonds is 2. The maximum atomic E-state index is 13.0. The largest absolute Gasteiger partial charge is 0.324 e. The highest BCUT2D eigenvalue weighted by Crippen LogP contribution is 2.31. The predicted octanol–water partition coefficient (Wildman–Crippen LogP) is 3.71. The fourth-order valence-electron chi connectivity index (χ4n) is 1.40. The monoisotopic (exact) mass is 239 g/mol. The summed E-state index contributed by atoms with van der Waals surface area (Å²) in [6.45, 7) is 1.89. The summed E-state index contributed by atoms with van der Waals surface area (Å²) in [4.78, 5) is 1.92. The highest BCUT2D eigenvalue weighted by Gasteiger charge is 2.08. The van der Waals surface area contributed by atoms with Gasteiger partial charge in [0, 0.05) is 15.8 Å². The maximum Gasteiger partial charge on any atom is 0.159 e. The average Bonchev–Trinajstić information content (AvgIpc) is 2.71. The topological polar surface area (TPSA) is 26.0 Å². The van der Waals surface area contributed by atoms with E-state index in [9.17, 15) is 8.78 Å². The minimum Gasteiger partial charge on any atom is -0.324 e. The lowest BCUT2D eigenvalue weighted by molar-refractivity contribution is 0.509. The van der Waals surface area contributed by atoms with Crippen LogP contribution in [0.5, 0.6) is 0 Å². The predicted molar refractivity (Wildman–Crippen MR) is 62.3 cm³/mol. The minimum absolute atomic E-state index is 0.0379. The fraction of sp³-hybridized carbons (Fsp3) is 0.167. The van der Waals surface area contributed by atoms with E-state index in [2.05, 4.69) is 0 Å². The number of hydrogen-bond donors (Lipinski definition) is 1. The smallest absolute Gasteiger partial charge is 0.159 e. The molecule has 0 spiro atoms. The van der Waals surface area contributed by atoms with Gasteiger partial charge in [-0.3, -0.25) is 0 Å². The highest BCUT2D eigenvalue weighted by atomic mass is 32.1. The van der Waals surface area contributed by atoms with Crippen LogP contribution in [0, 0.1) is 11.6 Å². The molecule has 0 aliphatic heterocycles. The summed E-state index contributed by atoms with van der Waals surface area (Å²) >= 11 is 1.49. The van der Waals surface area contributed by atoms with Crippen LogP contribution in [0.2, 0.25) is 0 Å². The lowest BCUT2D eigenvalue weighted by atomic mass is 10.2. The molecule has 0 radical (unpaired) electrons. The van der Waals surface area contributed by atoms with Crippen LogP contribution in [0.25, 0.3) is 10.4 Å². The standard InChI is InChI=1S/C12H11F2NS/c1-7(15)11-4-5-12(16-11)8-2-3-9(13)10(14)6-8/h2-7H,15H2,1H3. The van der Waals surface area contributed by atoms with Gasteiger partial charge in [-0.1, -0.05) is 6.07 Å². The molecule has 84 valence electrons. The number of halogens is 2. The zero-order valence-electron chi connectivity index (χ0n) is 8.71. The second kappa shape index (κ2) is 4.31. The molecule has 0 aliphatic carbocycles. The lowest BCUT2D eigenvalue weighted by Gasteiger charge is -2.00. The van der Waals surface area contributed by atoms with Gasteiger partial charge in [0.05, 0.1) is 0 Å². The van der Waals surface area contributed by atoms with Crippen LogP contribution in [0.3, 0.4) is 0 Å². The van der Waals surface area contributed by atoms with Gasteiger partial charge in [0.15, 0.2) is 11.6 Å². The molecule has 0 amide bonds. The van der Waals surface area contributed by atoms with Gasteiger partial charge in [-0.25, -0.2) is 8.78 Å². The average molecular weight is 239 g/mol. The van der Waals surface area contributed by atoms with Crippen LogP contribution in [-0.4, -0.2) is 0 Å². The van der Waals surface area contributed by atoms with Crippen molar-refractivity contribution in [3.63, 3.8) is 0 Å².